The van der Waals surface area contributed by atoms with E-state index in [0.717, 1.165) is 77.1 Å². The van der Waals surface area contributed by atoms with E-state index in [1.165, 1.54) is 25.8 Å². The van der Waals surface area contributed by atoms with Crippen molar-refractivity contribution in [2.24, 2.45) is 10.8 Å². The van der Waals surface area contributed by atoms with Crippen molar-refractivity contribution in [1.29, 1.82) is 0 Å². The van der Waals surface area contributed by atoms with E-state index >= 15 is 0 Å². The van der Waals surface area contributed by atoms with Crippen molar-refractivity contribution in [3.63, 3.8) is 0 Å². The molecule has 0 amide bonds. The molecule has 36 heavy (non-hydrogen) atoms. The highest BCUT2D eigenvalue weighted by atomic mass is 32.2. The maximum Gasteiger partial charge on any atom is 0.244 e. The lowest BCUT2D eigenvalue weighted by molar-refractivity contribution is -0.0147. The standard InChI is InChI=1S/C28H46N4O3S/c1-26(2,3)10-16-30-15-4-8-27(23-30)11-19-32(20-12-27)36(33,34)24-6-7-25(29-22-24)31-17-13-28(14-18-31)9-5-21-35-28/h6-7,22H,4-5,8-21,23H2,1-3H3. The fourth-order valence-corrected chi connectivity index (χ4v) is 8.14. The Kier molecular flexibility index (Phi) is 7.45. The van der Waals surface area contributed by atoms with Gasteiger partial charge in [0, 0.05) is 45.5 Å². The van der Waals surface area contributed by atoms with Gasteiger partial charge in [-0.25, -0.2) is 13.4 Å². The number of hydrogen-bond donors (Lipinski definition) is 0. The van der Waals surface area contributed by atoms with Crippen molar-refractivity contribution in [1.82, 2.24) is 14.2 Å². The third-order valence-electron chi connectivity index (χ3n) is 9.24. The van der Waals surface area contributed by atoms with Gasteiger partial charge in [0.2, 0.25) is 10.0 Å². The number of hydrogen-bond acceptors (Lipinski definition) is 6. The van der Waals surface area contributed by atoms with E-state index < -0.39 is 10.0 Å². The maximum absolute atomic E-state index is 13.4. The van der Waals surface area contributed by atoms with Crippen LogP contribution in [0.2, 0.25) is 0 Å². The minimum atomic E-state index is -3.51. The molecule has 0 radical (unpaired) electrons. The normalized spacial score (nSPS) is 25.6. The zero-order valence-corrected chi connectivity index (χ0v) is 23.5. The van der Waals surface area contributed by atoms with E-state index in [9.17, 15) is 8.42 Å². The summed E-state index contributed by atoms with van der Waals surface area (Å²) in [5, 5.41) is 0. The molecule has 0 aliphatic carbocycles. The number of likely N-dealkylation sites (tertiary alicyclic amines) is 1. The number of nitrogens with zero attached hydrogens (tertiary/aromatic N) is 4. The molecule has 0 aromatic carbocycles. The van der Waals surface area contributed by atoms with Gasteiger partial charge in [-0.05, 0) is 93.8 Å². The number of ether oxygens (including phenoxy) is 1. The second kappa shape index (κ2) is 10.2. The van der Waals surface area contributed by atoms with E-state index in [0.29, 0.717) is 23.4 Å². The molecule has 0 N–H and O–H groups in total. The monoisotopic (exact) mass is 518 g/mol. The van der Waals surface area contributed by atoms with E-state index in [1.807, 2.05) is 6.07 Å². The lowest BCUT2D eigenvalue weighted by Crippen LogP contribution is -2.51. The molecular weight excluding hydrogens is 472 g/mol. The van der Waals surface area contributed by atoms with Crippen LogP contribution in [0.5, 0.6) is 0 Å². The van der Waals surface area contributed by atoms with Crippen molar-refractivity contribution in [3.8, 4) is 0 Å². The van der Waals surface area contributed by atoms with Crippen LogP contribution in [0.25, 0.3) is 0 Å². The highest BCUT2D eigenvalue weighted by molar-refractivity contribution is 7.89. The third kappa shape index (κ3) is 5.77. The predicted octanol–water partition coefficient (Wildman–Crippen LogP) is 4.53. The Balaban J connectivity index is 1.16. The summed E-state index contributed by atoms with van der Waals surface area (Å²) in [6.07, 6.45) is 11.5. The summed E-state index contributed by atoms with van der Waals surface area (Å²) in [4.78, 5) is 9.80. The van der Waals surface area contributed by atoms with Gasteiger partial charge in [0.25, 0.3) is 0 Å². The number of pyridine rings is 1. The second-order valence-electron chi connectivity index (χ2n) is 13.1. The lowest BCUT2D eigenvalue weighted by atomic mass is 9.73. The minimum Gasteiger partial charge on any atom is -0.375 e. The predicted molar refractivity (Wildman–Crippen MR) is 144 cm³/mol. The minimum absolute atomic E-state index is 0.0767. The Morgan fingerprint density at radius 3 is 2.31 bits per heavy atom. The molecular formula is C28H46N4O3S. The van der Waals surface area contributed by atoms with Gasteiger partial charge in [-0.1, -0.05) is 20.8 Å². The van der Waals surface area contributed by atoms with Crippen LogP contribution in [0.1, 0.15) is 78.6 Å². The van der Waals surface area contributed by atoms with Crippen LogP contribution >= 0.6 is 0 Å². The maximum atomic E-state index is 13.4. The van der Waals surface area contributed by atoms with Crippen molar-refractivity contribution in [2.45, 2.75) is 89.1 Å². The molecule has 0 unspecified atom stereocenters. The van der Waals surface area contributed by atoms with Crippen molar-refractivity contribution in [3.05, 3.63) is 18.3 Å². The van der Waals surface area contributed by atoms with Gasteiger partial charge in [0.15, 0.2) is 0 Å². The first-order valence-corrected chi connectivity index (χ1v) is 15.6. The van der Waals surface area contributed by atoms with Gasteiger partial charge in [0.05, 0.1) is 5.60 Å². The Hall–Kier alpha value is -1.22. The molecule has 8 heteroatoms. The zero-order valence-electron chi connectivity index (χ0n) is 22.7. The van der Waals surface area contributed by atoms with Gasteiger partial charge < -0.3 is 14.5 Å². The number of aromatic nitrogens is 1. The summed E-state index contributed by atoms with van der Waals surface area (Å²) in [6.45, 7) is 14.3. The van der Waals surface area contributed by atoms with Crippen LogP contribution in [0, 0.1) is 10.8 Å². The summed E-state index contributed by atoms with van der Waals surface area (Å²) in [5.41, 5.74) is 0.707. The van der Waals surface area contributed by atoms with E-state index in [-0.39, 0.29) is 11.0 Å². The molecule has 0 bridgehead atoms. The van der Waals surface area contributed by atoms with E-state index in [1.54, 1.807) is 16.6 Å². The molecule has 2 spiro atoms. The number of sulfonamides is 1. The average Bonchev–Trinajstić information content (AvgIpc) is 3.31. The molecule has 0 atom stereocenters. The van der Waals surface area contributed by atoms with Crippen molar-refractivity contribution < 1.29 is 13.2 Å². The molecule has 4 aliphatic rings. The lowest BCUT2D eigenvalue weighted by Gasteiger charge is -2.47. The van der Waals surface area contributed by atoms with Gasteiger partial charge >= 0.3 is 0 Å². The van der Waals surface area contributed by atoms with Crippen LogP contribution < -0.4 is 4.90 Å². The van der Waals surface area contributed by atoms with E-state index in [2.05, 4.69) is 35.6 Å². The van der Waals surface area contributed by atoms with Gasteiger partial charge in [-0.15, -0.1) is 0 Å². The quantitative estimate of drug-likeness (QED) is 0.571. The summed E-state index contributed by atoms with van der Waals surface area (Å²) in [6, 6.07) is 3.65. The summed E-state index contributed by atoms with van der Waals surface area (Å²) in [5.74, 6) is 0.872. The average molecular weight is 519 g/mol. The molecule has 202 valence electrons. The first-order chi connectivity index (χ1) is 17.1. The van der Waals surface area contributed by atoms with Crippen molar-refractivity contribution in [2.75, 3.05) is 57.3 Å². The second-order valence-corrected chi connectivity index (χ2v) is 15.0. The van der Waals surface area contributed by atoms with Crippen LogP contribution in [0.15, 0.2) is 23.2 Å². The van der Waals surface area contributed by atoms with Crippen LogP contribution in [-0.4, -0.2) is 80.6 Å². The van der Waals surface area contributed by atoms with Crippen LogP contribution in [0.3, 0.4) is 0 Å². The highest BCUT2D eigenvalue weighted by Crippen LogP contribution is 2.41. The number of rotatable bonds is 5. The molecule has 1 aromatic heterocycles. The first-order valence-electron chi connectivity index (χ1n) is 14.2. The molecule has 4 fully saturated rings. The van der Waals surface area contributed by atoms with Crippen LogP contribution in [0.4, 0.5) is 5.82 Å². The Morgan fingerprint density at radius 2 is 1.69 bits per heavy atom. The summed E-state index contributed by atoms with van der Waals surface area (Å²) < 4.78 is 34.6. The molecule has 5 rings (SSSR count). The van der Waals surface area contributed by atoms with Gasteiger partial charge in [-0.3, -0.25) is 0 Å². The third-order valence-corrected chi connectivity index (χ3v) is 11.1. The first kappa shape index (κ1) is 26.4. The molecule has 4 saturated heterocycles. The molecule has 0 saturated carbocycles. The van der Waals surface area contributed by atoms with E-state index in [4.69, 9.17) is 4.74 Å². The fourth-order valence-electron chi connectivity index (χ4n) is 6.76. The largest absolute Gasteiger partial charge is 0.375 e. The van der Waals surface area contributed by atoms with Crippen molar-refractivity contribution >= 4 is 15.8 Å². The molecule has 5 heterocycles. The fraction of sp³-hybridized carbons (Fsp3) is 0.821. The summed E-state index contributed by atoms with van der Waals surface area (Å²) in [7, 11) is -3.51. The number of anilines is 1. The SMILES string of the molecule is CC(C)(C)CCN1CCCC2(CCN(S(=O)(=O)c3ccc(N4CCC5(CCCO5)CC4)nc3)CC2)C1. The Morgan fingerprint density at radius 1 is 0.944 bits per heavy atom. The molecule has 4 aliphatic heterocycles. The summed E-state index contributed by atoms with van der Waals surface area (Å²) >= 11 is 0. The zero-order chi connectivity index (χ0) is 25.4. The molecule has 1 aromatic rings. The van der Waals surface area contributed by atoms with Gasteiger partial charge in [0.1, 0.15) is 10.7 Å². The Bertz CT molecular complexity index is 981. The highest BCUT2D eigenvalue weighted by Gasteiger charge is 2.42. The van der Waals surface area contributed by atoms with Gasteiger partial charge in [-0.2, -0.15) is 4.31 Å². The smallest absolute Gasteiger partial charge is 0.244 e. The molecule has 7 nitrogen and oxygen atoms in total. The van der Waals surface area contributed by atoms with Crippen LogP contribution in [-0.2, 0) is 14.8 Å². The Labute approximate surface area is 218 Å². The topological polar surface area (TPSA) is 66.0 Å². The number of piperidine rings is 3.